The molecule has 0 heterocycles. The molecule has 7 nitrogen and oxygen atoms in total. The van der Waals surface area contributed by atoms with E-state index < -0.39 is 21.8 Å². The van der Waals surface area contributed by atoms with Crippen molar-refractivity contribution in [1.29, 1.82) is 0 Å². The van der Waals surface area contributed by atoms with Gasteiger partial charge in [0.25, 0.3) is 10.0 Å². The predicted molar refractivity (Wildman–Crippen MR) is 104 cm³/mol. The van der Waals surface area contributed by atoms with Crippen molar-refractivity contribution in [1.82, 2.24) is 0 Å². The summed E-state index contributed by atoms with van der Waals surface area (Å²) in [5.41, 5.74) is 0.662. The fraction of sp³-hybridized carbons (Fsp3) is 0.222. The first-order chi connectivity index (χ1) is 12.8. The van der Waals surface area contributed by atoms with Crippen LogP contribution in [0.2, 0.25) is 0 Å². The molecule has 1 amide bonds. The van der Waals surface area contributed by atoms with Crippen LogP contribution >= 0.6 is 11.6 Å². The Morgan fingerprint density at radius 3 is 2.30 bits per heavy atom. The lowest BCUT2D eigenvalue weighted by Gasteiger charge is -2.25. The van der Waals surface area contributed by atoms with Crippen LogP contribution in [0.25, 0.3) is 0 Å². The maximum Gasteiger partial charge on any atom is 0.264 e. The predicted octanol–water partition coefficient (Wildman–Crippen LogP) is 3.00. The zero-order valence-electron chi connectivity index (χ0n) is 14.8. The van der Waals surface area contributed by atoms with Gasteiger partial charge in [0.1, 0.15) is 12.3 Å². The lowest BCUT2D eigenvalue weighted by atomic mass is 10.3. The molecule has 0 aliphatic rings. The Kier molecular flexibility index (Phi) is 6.81. The van der Waals surface area contributed by atoms with Crippen LogP contribution in [-0.2, 0) is 19.6 Å². The van der Waals surface area contributed by atoms with Crippen molar-refractivity contribution in [2.75, 3.05) is 22.8 Å². The molecule has 0 radical (unpaired) electrons. The number of ether oxygens (including phenoxy) is 1. The number of nitrogens with zero attached hydrogens (tertiary/aromatic N) is 1. The molecular weight excluding hydrogens is 392 g/mol. The average molecular weight is 411 g/mol. The van der Waals surface area contributed by atoms with Gasteiger partial charge in [-0.3, -0.25) is 13.9 Å². The summed E-state index contributed by atoms with van der Waals surface area (Å²) in [6.45, 7) is 2.89. The number of hydrogen-bond donors (Lipinski definition) is 1. The minimum atomic E-state index is -4.10. The second-order valence-corrected chi connectivity index (χ2v) is 7.76. The quantitative estimate of drug-likeness (QED) is 0.675. The summed E-state index contributed by atoms with van der Waals surface area (Å²) in [6.07, 6.45) is 0. The highest BCUT2D eigenvalue weighted by molar-refractivity contribution is 7.92. The van der Waals surface area contributed by atoms with Crippen LogP contribution in [0.3, 0.4) is 0 Å². The molecule has 0 saturated carbocycles. The minimum absolute atomic E-state index is 0.0548. The second kappa shape index (κ2) is 8.88. The Hall–Kier alpha value is -2.58. The molecular formula is C18H19ClN2O5S. The molecule has 0 bridgehead atoms. The summed E-state index contributed by atoms with van der Waals surface area (Å²) in [5, 5.41) is 1.73. The number of carbonyl (C=O) groups excluding carboxylic acids is 2. The summed E-state index contributed by atoms with van der Waals surface area (Å²) in [4.78, 5) is 22.6. The molecule has 0 atom stereocenters. The summed E-state index contributed by atoms with van der Waals surface area (Å²) in [7, 11) is -4.10. The number of para-hydroxylation sites is 2. The number of carbonyl (C=O) groups is 2. The van der Waals surface area contributed by atoms with Crippen LogP contribution in [-0.4, -0.2) is 32.7 Å². The maximum atomic E-state index is 13.1. The zero-order chi connectivity index (χ0) is 20.0. The number of nitrogens with one attached hydrogen (secondary N) is 1. The van der Waals surface area contributed by atoms with Crippen LogP contribution in [0.15, 0.2) is 53.4 Å². The second-order valence-electron chi connectivity index (χ2n) is 5.47. The van der Waals surface area contributed by atoms with E-state index in [0.717, 1.165) is 4.31 Å². The van der Waals surface area contributed by atoms with Gasteiger partial charge in [0.15, 0.2) is 0 Å². The largest absolute Gasteiger partial charge is 0.492 e. The highest BCUT2D eigenvalue weighted by atomic mass is 35.5. The van der Waals surface area contributed by atoms with Gasteiger partial charge < -0.3 is 10.1 Å². The van der Waals surface area contributed by atoms with E-state index in [-0.39, 0.29) is 16.5 Å². The molecule has 1 N–H and O–H groups in total. The Bertz CT molecular complexity index is 929. The number of anilines is 2. The van der Waals surface area contributed by atoms with E-state index in [1.165, 1.54) is 37.3 Å². The van der Waals surface area contributed by atoms with Crippen molar-refractivity contribution in [3.8, 4) is 5.75 Å². The van der Waals surface area contributed by atoms with Gasteiger partial charge >= 0.3 is 0 Å². The monoisotopic (exact) mass is 410 g/mol. The van der Waals surface area contributed by atoms with Crippen molar-refractivity contribution in [2.45, 2.75) is 18.7 Å². The molecule has 2 rings (SSSR count). The molecule has 0 aromatic heterocycles. The molecule has 0 spiro atoms. The number of benzene rings is 2. The number of halogens is 1. The van der Waals surface area contributed by atoms with Gasteiger partial charge in [0, 0.05) is 12.6 Å². The van der Waals surface area contributed by atoms with E-state index in [2.05, 4.69) is 5.32 Å². The molecule has 0 aliphatic heterocycles. The van der Waals surface area contributed by atoms with Crippen molar-refractivity contribution in [3.05, 3.63) is 48.5 Å². The van der Waals surface area contributed by atoms with Crippen LogP contribution in [0, 0.1) is 0 Å². The van der Waals surface area contributed by atoms with E-state index in [9.17, 15) is 18.0 Å². The third-order valence-corrected chi connectivity index (χ3v) is 5.36. The summed E-state index contributed by atoms with van der Waals surface area (Å²) >= 11 is 5.49. The first-order valence-electron chi connectivity index (χ1n) is 8.06. The molecule has 2 aromatic rings. The fourth-order valence-corrected chi connectivity index (χ4v) is 4.02. The molecule has 0 aliphatic carbocycles. The number of hydrogen-bond acceptors (Lipinski definition) is 5. The van der Waals surface area contributed by atoms with Gasteiger partial charge in [-0.2, -0.15) is 0 Å². The van der Waals surface area contributed by atoms with Crippen LogP contribution < -0.4 is 14.4 Å². The molecule has 144 valence electrons. The average Bonchev–Trinajstić information content (AvgIpc) is 2.60. The van der Waals surface area contributed by atoms with Crippen molar-refractivity contribution < 1.29 is 22.7 Å². The summed E-state index contributed by atoms with van der Waals surface area (Å²) in [6, 6.07) is 12.1. The molecule has 0 fully saturated rings. The van der Waals surface area contributed by atoms with Gasteiger partial charge in [-0.1, -0.05) is 12.1 Å². The van der Waals surface area contributed by atoms with Crippen LogP contribution in [0.1, 0.15) is 13.8 Å². The van der Waals surface area contributed by atoms with E-state index in [1.54, 1.807) is 25.1 Å². The lowest BCUT2D eigenvalue weighted by Crippen LogP contribution is -2.34. The van der Waals surface area contributed by atoms with Crippen molar-refractivity contribution in [2.24, 2.45) is 0 Å². The minimum Gasteiger partial charge on any atom is -0.492 e. The third kappa shape index (κ3) is 5.21. The Balaban J connectivity index is 2.49. The van der Waals surface area contributed by atoms with Crippen LogP contribution in [0.5, 0.6) is 5.75 Å². The van der Waals surface area contributed by atoms with Gasteiger partial charge in [-0.25, -0.2) is 8.42 Å². The molecule has 0 saturated heterocycles. The first kappa shape index (κ1) is 20.7. The van der Waals surface area contributed by atoms with Gasteiger partial charge in [0.2, 0.25) is 11.1 Å². The van der Waals surface area contributed by atoms with E-state index in [0.29, 0.717) is 18.0 Å². The number of amides is 1. The fourth-order valence-electron chi connectivity index (χ4n) is 2.39. The maximum absolute atomic E-state index is 13.1. The summed E-state index contributed by atoms with van der Waals surface area (Å²) < 4.78 is 32.6. The summed E-state index contributed by atoms with van der Waals surface area (Å²) in [5.74, 6) is 0.0435. The third-order valence-electron chi connectivity index (χ3n) is 3.46. The van der Waals surface area contributed by atoms with Gasteiger partial charge in [0.05, 0.1) is 17.2 Å². The Morgan fingerprint density at radius 1 is 1.11 bits per heavy atom. The van der Waals surface area contributed by atoms with Gasteiger partial charge in [-0.15, -0.1) is 0 Å². The molecule has 27 heavy (non-hydrogen) atoms. The topological polar surface area (TPSA) is 92.8 Å². The molecule has 2 aromatic carbocycles. The number of sulfonamides is 1. The highest BCUT2D eigenvalue weighted by Gasteiger charge is 2.29. The van der Waals surface area contributed by atoms with Crippen LogP contribution in [0.4, 0.5) is 11.4 Å². The smallest absolute Gasteiger partial charge is 0.264 e. The molecule has 9 heteroatoms. The van der Waals surface area contributed by atoms with Crippen molar-refractivity contribution >= 4 is 44.1 Å². The van der Waals surface area contributed by atoms with Gasteiger partial charge in [-0.05, 0) is 54.9 Å². The van der Waals surface area contributed by atoms with Crippen molar-refractivity contribution in [3.63, 3.8) is 0 Å². The molecule has 0 unspecified atom stereocenters. The van der Waals surface area contributed by atoms with E-state index >= 15 is 0 Å². The Morgan fingerprint density at radius 2 is 1.74 bits per heavy atom. The standard InChI is InChI=1S/C18H19ClN2O5S/c1-3-26-17-7-5-4-6-16(17)21(12-18(19)23)27(24,25)15-10-8-14(9-11-15)20-13(2)22/h4-11H,3,12H2,1-2H3,(H,20,22). The zero-order valence-corrected chi connectivity index (χ0v) is 16.4. The normalized spacial score (nSPS) is 10.9. The lowest BCUT2D eigenvalue weighted by molar-refractivity contribution is -0.114. The SMILES string of the molecule is CCOc1ccccc1N(CC(=O)Cl)S(=O)(=O)c1ccc(NC(C)=O)cc1. The van der Waals surface area contributed by atoms with E-state index in [1.807, 2.05) is 0 Å². The van der Waals surface area contributed by atoms with E-state index in [4.69, 9.17) is 16.3 Å². The number of rotatable bonds is 8. The highest BCUT2D eigenvalue weighted by Crippen LogP contribution is 2.32. The Labute approximate surface area is 162 Å². The first-order valence-corrected chi connectivity index (χ1v) is 9.88.